The molecule has 2 aliphatic heterocycles. The number of halogens is 1. The van der Waals surface area contributed by atoms with Gasteiger partial charge in [-0.1, -0.05) is 29.8 Å². The van der Waals surface area contributed by atoms with Crippen LogP contribution < -0.4 is 5.46 Å². The summed E-state index contributed by atoms with van der Waals surface area (Å²) in [5, 5.41) is 0.622. The largest absolute Gasteiger partial charge is 0.496 e. The minimum Gasteiger partial charge on any atom is -0.444 e. The van der Waals surface area contributed by atoms with Crippen LogP contribution in [0.5, 0.6) is 0 Å². The van der Waals surface area contributed by atoms with E-state index in [0.717, 1.165) is 17.4 Å². The molecule has 0 unspecified atom stereocenters. The van der Waals surface area contributed by atoms with Gasteiger partial charge in [0.25, 0.3) is 0 Å². The lowest BCUT2D eigenvalue weighted by Crippen LogP contribution is -2.41. The Morgan fingerprint density at radius 2 is 1.79 bits per heavy atom. The number of benzene rings is 1. The molecule has 3 rings (SSSR count). The van der Waals surface area contributed by atoms with Crippen LogP contribution >= 0.6 is 11.6 Å². The number of carbonyl (C=O) groups excluding carboxylic acids is 1. The molecular weight excluding hydrogens is 389 g/mol. The zero-order chi connectivity index (χ0) is 21.6. The molecule has 0 radical (unpaired) electrons. The Balaban J connectivity index is 1.71. The molecule has 0 saturated carbocycles. The van der Waals surface area contributed by atoms with Crippen molar-refractivity contribution in [3.05, 3.63) is 34.9 Å². The van der Waals surface area contributed by atoms with E-state index in [0.29, 0.717) is 18.1 Å². The number of ether oxygens (including phenoxy) is 1. The zero-order valence-electron chi connectivity index (χ0n) is 18.5. The van der Waals surface area contributed by atoms with Gasteiger partial charge in [0.05, 0.1) is 11.2 Å². The number of hydrogen-bond donors (Lipinski definition) is 0. The summed E-state index contributed by atoms with van der Waals surface area (Å²) < 4.78 is 17.7. The summed E-state index contributed by atoms with van der Waals surface area (Å²) in [6.07, 6.45) is 2.54. The second kappa shape index (κ2) is 7.64. The van der Waals surface area contributed by atoms with Crippen molar-refractivity contribution in [2.75, 3.05) is 13.1 Å². The normalized spacial score (nSPS) is 21.2. The monoisotopic (exact) mass is 419 g/mol. The highest BCUT2D eigenvalue weighted by Crippen LogP contribution is 2.37. The molecule has 1 saturated heterocycles. The van der Waals surface area contributed by atoms with Gasteiger partial charge in [-0.2, -0.15) is 0 Å². The van der Waals surface area contributed by atoms with Crippen molar-refractivity contribution in [1.82, 2.24) is 4.90 Å². The Morgan fingerprint density at radius 1 is 1.17 bits per heavy atom. The third-order valence-corrected chi connectivity index (χ3v) is 6.07. The molecule has 1 aromatic carbocycles. The van der Waals surface area contributed by atoms with Crippen molar-refractivity contribution in [2.24, 2.45) is 0 Å². The molecule has 1 amide bonds. The number of carbonyl (C=O) groups is 1. The summed E-state index contributed by atoms with van der Waals surface area (Å²) in [6.45, 7) is 14.9. The van der Waals surface area contributed by atoms with E-state index in [-0.39, 0.29) is 6.09 Å². The average Bonchev–Trinajstić information content (AvgIpc) is 2.81. The minimum absolute atomic E-state index is 0.276. The number of nitrogens with zero attached hydrogens (tertiary/aromatic N) is 1. The molecule has 29 heavy (non-hydrogen) atoms. The van der Waals surface area contributed by atoms with Gasteiger partial charge in [-0.3, -0.25) is 0 Å². The van der Waals surface area contributed by atoms with Crippen LogP contribution in [0.1, 0.15) is 60.5 Å². The molecule has 0 aromatic heterocycles. The number of hydrogen-bond acceptors (Lipinski definition) is 4. The van der Waals surface area contributed by atoms with Crippen molar-refractivity contribution >= 4 is 35.8 Å². The Morgan fingerprint density at radius 3 is 2.28 bits per heavy atom. The first-order valence-electron chi connectivity index (χ1n) is 10.1. The fourth-order valence-corrected chi connectivity index (χ4v) is 3.58. The fraction of sp³-hybridized carbons (Fsp3) is 0.591. The van der Waals surface area contributed by atoms with E-state index in [2.05, 4.69) is 6.08 Å². The van der Waals surface area contributed by atoms with Crippen LogP contribution in [0.2, 0.25) is 5.02 Å². The molecule has 1 aromatic rings. The van der Waals surface area contributed by atoms with Crippen molar-refractivity contribution in [2.45, 2.75) is 71.7 Å². The topological polar surface area (TPSA) is 48.0 Å². The second-order valence-electron chi connectivity index (χ2n) is 9.73. The van der Waals surface area contributed by atoms with Gasteiger partial charge >= 0.3 is 13.2 Å². The molecular formula is C22H31BClNO4. The quantitative estimate of drug-likeness (QED) is 0.654. The number of amides is 1. The van der Waals surface area contributed by atoms with Crippen molar-refractivity contribution in [3.63, 3.8) is 0 Å². The van der Waals surface area contributed by atoms with Gasteiger partial charge in [0.15, 0.2) is 0 Å². The van der Waals surface area contributed by atoms with E-state index >= 15 is 0 Å². The Labute approximate surface area is 179 Å². The third kappa shape index (κ3) is 4.81. The molecule has 0 bridgehead atoms. The molecule has 5 nitrogen and oxygen atoms in total. The van der Waals surface area contributed by atoms with E-state index in [9.17, 15) is 4.79 Å². The van der Waals surface area contributed by atoms with Gasteiger partial charge in [-0.05, 0) is 72.1 Å². The van der Waals surface area contributed by atoms with E-state index < -0.39 is 23.9 Å². The highest BCUT2D eigenvalue weighted by Gasteiger charge is 2.52. The fourth-order valence-electron chi connectivity index (χ4n) is 3.31. The van der Waals surface area contributed by atoms with Crippen LogP contribution in [0.15, 0.2) is 24.3 Å². The Kier molecular flexibility index (Phi) is 5.85. The summed E-state index contributed by atoms with van der Waals surface area (Å²) in [7, 11) is -0.482. The first kappa shape index (κ1) is 22.2. The lowest BCUT2D eigenvalue weighted by Gasteiger charge is -2.32. The molecule has 2 heterocycles. The molecule has 7 heteroatoms. The number of rotatable bonds is 2. The SMILES string of the molecule is CC(C)(C)OC(=O)N1CC=C(c2ccc(B3OC(C)(C)C(C)(C)O3)c(Cl)c2)CC1. The van der Waals surface area contributed by atoms with Crippen LogP contribution in [0.4, 0.5) is 4.79 Å². The van der Waals surface area contributed by atoms with Crippen molar-refractivity contribution in [1.29, 1.82) is 0 Å². The molecule has 0 spiro atoms. The first-order chi connectivity index (χ1) is 13.3. The summed E-state index contributed by atoms with van der Waals surface area (Å²) in [4.78, 5) is 14.0. The lowest BCUT2D eigenvalue weighted by molar-refractivity contribution is 0.00578. The summed E-state index contributed by atoms with van der Waals surface area (Å²) in [6, 6.07) is 5.97. The zero-order valence-corrected chi connectivity index (χ0v) is 19.2. The van der Waals surface area contributed by atoms with E-state index in [4.69, 9.17) is 25.6 Å². The maximum atomic E-state index is 12.2. The third-order valence-electron chi connectivity index (χ3n) is 5.74. The summed E-state index contributed by atoms with van der Waals surface area (Å²) in [5.74, 6) is 0. The van der Waals surface area contributed by atoms with E-state index in [1.807, 2.05) is 66.7 Å². The van der Waals surface area contributed by atoms with Gasteiger partial charge < -0.3 is 18.9 Å². The molecule has 0 atom stereocenters. The standard InChI is InChI=1S/C22H31BClNO4/c1-20(2,3)27-19(26)25-12-10-15(11-13-25)16-8-9-17(18(24)14-16)23-28-21(4,5)22(6,7)29-23/h8-10,14H,11-13H2,1-7H3. The predicted molar refractivity (Wildman–Crippen MR) is 118 cm³/mol. The molecule has 0 N–H and O–H groups in total. The Bertz CT molecular complexity index is 813. The van der Waals surface area contributed by atoms with E-state index in [1.165, 1.54) is 5.57 Å². The summed E-state index contributed by atoms with van der Waals surface area (Å²) >= 11 is 6.59. The average molecular weight is 420 g/mol. The molecule has 1 fully saturated rings. The van der Waals surface area contributed by atoms with E-state index in [1.54, 1.807) is 4.90 Å². The molecule has 158 valence electrons. The van der Waals surface area contributed by atoms with Crippen LogP contribution in [0.25, 0.3) is 5.57 Å². The minimum atomic E-state index is -0.488. The predicted octanol–water partition coefficient (Wildman–Crippen LogP) is 4.66. The summed E-state index contributed by atoms with van der Waals surface area (Å²) in [5.41, 5.74) is 1.76. The maximum absolute atomic E-state index is 12.2. The lowest BCUT2D eigenvalue weighted by atomic mass is 9.78. The second-order valence-corrected chi connectivity index (χ2v) is 10.1. The van der Waals surface area contributed by atoms with Crippen LogP contribution in [-0.2, 0) is 14.0 Å². The van der Waals surface area contributed by atoms with Gasteiger partial charge in [0.1, 0.15) is 5.60 Å². The van der Waals surface area contributed by atoms with Crippen LogP contribution in [-0.4, -0.2) is 48.0 Å². The molecule has 2 aliphatic rings. The van der Waals surface area contributed by atoms with Gasteiger partial charge in [-0.25, -0.2) is 4.79 Å². The van der Waals surface area contributed by atoms with Gasteiger partial charge in [-0.15, -0.1) is 0 Å². The first-order valence-corrected chi connectivity index (χ1v) is 10.5. The van der Waals surface area contributed by atoms with Crippen molar-refractivity contribution < 1.29 is 18.8 Å². The highest BCUT2D eigenvalue weighted by atomic mass is 35.5. The van der Waals surface area contributed by atoms with Crippen molar-refractivity contribution in [3.8, 4) is 0 Å². The highest BCUT2D eigenvalue weighted by molar-refractivity contribution is 6.65. The molecule has 0 aliphatic carbocycles. The van der Waals surface area contributed by atoms with Gasteiger partial charge in [0, 0.05) is 23.6 Å². The van der Waals surface area contributed by atoms with Crippen LogP contribution in [0, 0.1) is 0 Å². The van der Waals surface area contributed by atoms with Crippen LogP contribution in [0.3, 0.4) is 0 Å². The Hall–Kier alpha value is -1.50. The smallest absolute Gasteiger partial charge is 0.444 e. The van der Waals surface area contributed by atoms with Gasteiger partial charge in [0.2, 0.25) is 0 Å². The maximum Gasteiger partial charge on any atom is 0.496 e.